The van der Waals surface area contributed by atoms with E-state index in [0.29, 0.717) is 22.5 Å². The number of hydrogen-bond donors (Lipinski definition) is 2. The molecule has 108 valence electrons. The molecule has 3 rings (SSSR count). The van der Waals surface area contributed by atoms with E-state index in [1.54, 1.807) is 22.7 Å². The van der Waals surface area contributed by atoms with E-state index in [1.165, 1.54) is 23.9 Å². The molecule has 3 aromatic rings. The minimum Gasteiger partial charge on any atom is -0.308 e. The summed E-state index contributed by atoms with van der Waals surface area (Å²) in [6.45, 7) is 1.86. The summed E-state index contributed by atoms with van der Waals surface area (Å²) in [6, 6.07) is 8.15. The summed E-state index contributed by atoms with van der Waals surface area (Å²) in [5.41, 5.74) is 4.38. The zero-order valence-corrected chi connectivity index (χ0v) is 12.1. The van der Waals surface area contributed by atoms with Crippen LogP contribution in [0.4, 0.5) is 10.2 Å². The summed E-state index contributed by atoms with van der Waals surface area (Å²) < 4.78 is 14.4. The van der Waals surface area contributed by atoms with E-state index in [9.17, 15) is 4.39 Å². The van der Waals surface area contributed by atoms with Gasteiger partial charge in [0, 0.05) is 17.5 Å². The number of nitrogens with two attached hydrogens (primary N) is 1. The van der Waals surface area contributed by atoms with Crippen molar-refractivity contribution in [3.63, 3.8) is 0 Å². The Morgan fingerprint density at radius 2 is 2.05 bits per heavy atom. The molecule has 21 heavy (non-hydrogen) atoms. The van der Waals surface area contributed by atoms with Gasteiger partial charge in [0.15, 0.2) is 0 Å². The molecule has 8 heteroatoms. The second kappa shape index (κ2) is 5.66. The number of rotatable bonds is 4. The van der Waals surface area contributed by atoms with Crippen LogP contribution in [0.1, 0.15) is 11.3 Å². The number of thioether (sulfide) groups is 1. The van der Waals surface area contributed by atoms with Crippen molar-refractivity contribution < 1.29 is 4.39 Å². The number of nitrogens with one attached hydrogen (secondary N) is 1. The molecule has 0 aliphatic rings. The number of nitrogen functional groups attached to an aromatic ring is 1. The Balaban J connectivity index is 1.83. The van der Waals surface area contributed by atoms with Crippen molar-refractivity contribution >= 4 is 23.4 Å². The van der Waals surface area contributed by atoms with Crippen molar-refractivity contribution in [1.29, 1.82) is 0 Å². The Bertz CT molecular complexity index is 770. The van der Waals surface area contributed by atoms with Crippen molar-refractivity contribution in [1.82, 2.24) is 19.6 Å². The van der Waals surface area contributed by atoms with Gasteiger partial charge in [-0.05, 0) is 24.6 Å². The summed E-state index contributed by atoms with van der Waals surface area (Å²) in [5.74, 6) is 6.99. The van der Waals surface area contributed by atoms with Crippen LogP contribution < -0.4 is 11.3 Å². The predicted octanol–water partition coefficient (Wildman–Crippen LogP) is 2.15. The van der Waals surface area contributed by atoms with Gasteiger partial charge in [-0.3, -0.25) is 0 Å². The molecule has 0 fully saturated rings. The Morgan fingerprint density at radius 1 is 1.29 bits per heavy atom. The Hall–Kier alpha value is -2.19. The molecule has 0 spiro atoms. The van der Waals surface area contributed by atoms with Crippen molar-refractivity contribution in [3.8, 4) is 0 Å². The van der Waals surface area contributed by atoms with E-state index in [1.807, 2.05) is 6.92 Å². The van der Waals surface area contributed by atoms with Crippen LogP contribution in [0.15, 0.2) is 35.5 Å². The lowest BCUT2D eigenvalue weighted by atomic mass is 10.2. The summed E-state index contributed by atoms with van der Waals surface area (Å²) in [5, 5.41) is 4.94. The largest absolute Gasteiger partial charge is 0.308 e. The molecule has 0 radical (unpaired) electrons. The molecule has 6 nitrogen and oxygen atoms in total. The average Bonchev–Trinajstić information content (AvgIpc) is 2.88. The van der Waals surface area contributed by atoms with Crippen molar-refractivity contribution in [2.75, 3.05) is 5.43 Å². The maximum absolute atomic E-state index is 12.8. The third-order valence-electron chi connectivity index (χ3n) is 2.85. The molecule has 2 aromatic heterocycles. The summed E-state index contributed by atoms with van der Waals surface area (Å²) in [6.07, 6.45) is 0. The van der Waals surface area contributed by atoms with Gasteiger partial charge in [-0.2, -0.15) is 9.50 Å². The van der Waals surface area contributed by atoms with E-state index in [4.69, 9.17) is 5.84 Å². The van der Waals surface area contributed by atoms with Gasteiger partial charge in [0.1, 0.15) is 11.6 Å². The molecule has 0 amide bonds. The molecule has 1 aromatic carbocycles. The highest BCUT2D eigenvalue weighted by Gasteiger charge is 2.10. The molecule has 0 atom stereocenters. The lowest BCUT2D eigenvalue weighted by Gasteiger charge is -2.02. The first-order chi connectivity index (χ1) is 10.2. The number of halogens is 1. The maximum Gasteiger partial charge on any atom is 0.255 e. The van der Waals surface area contributed by atoms with Crippen LogP contribution in [0.3, 0.4) is 0 Å². The fourth-order valence-corrected chi connectivity index (χ4v) is 2.63. The lowest BCUT2D eigenvalue weighted by Crippen LogP contribution is -2.12. The minimum atomic E-state index is -0.243. The molecular formula is C13H13FN6S. The maximum atomic E-state index is 12.8. The monoisotopic (exact) mass is 304 g/mol. The third kappa shape index (κ3) is 2.96. The predicted molar refractivity (Wildman–Crippen MR) is 79.3 cm³/mol. The highest BCUT2D eigenvalue weighted by molar-refractivity contribution is 7.98. The third-order valence-corrected chi connectivity index (χ3v) is 3.76. The first-order valence-electron chi connectivity index (χ1n) is 6.24. The number of hydrazine groups is 1. The van der Waals surface area contributed by atoms with Crippen molar-refractivity contribution in [2.24, 2.45) is 5.84 Å². The number of aryl methyl sites for hydroxylation is 1. The molecule has 0 bridgehead atoms. The van der Waals surface area contributed by atoms with Crippen LogP contribution in [0, 0.1) is 12.7 Å². The van der Waals surface area contributed by atoms with Crippen LogP contribution >= 0.6 is 11.8 Å². The number of anilines is 1. The quantitative estimate of drug-likeness (QED) is 0.437. The molecular weight excluding hydrogens is 291 g/mol. The zero-order valence-electron chi connectivity index (χ0n) is 11.2. The SMILES string of the molecule is Cc1cc(NN)n2nc(SCc3ccc(F)cc3)nc2n1. The molecule has 0 unspecified atom stereocenters. The second-order valence-corrected chi connectivity index (χ2v) is 5.39. The van der Waals surface area contributed by atoms with Gasteiger partial charge in [-0.15, -0.1) is 5.10 Å². The number of nitrogens with zero attached hydrogens (tertiary/aromatic N) is 4. The van der Waals surface area contributed by atoms with Crippen LogP contribution in [0.5, 0.6) is 0 Å². The van der Waals surface area contributed by atoms with E-state index in [0.717, 1.165) is 11.3 Å². The van der Waals surface area contributed by atoms with Crippen LogP contribution in [0.2, 0.25) is 0 Å². The minimum absolute atomic E-state index is 0.243. The molecule has 0 saturated carbocycles. The number of aromatic nitrogens is 4. The van der Waals surface area contributed by atoms with E-state index in [2.05, 4.69) is 20.5 Å². The van der Waals surface area contributed by atoms with Gasteiger partial charge in [0.2, 0.25) is 5.16 Å². The van der Waals surface area contributed by atoms with Gasteiger partial charge >= 0.3 is 0 Å². The van der Waals surface area contributed by atoms with Crippen LogP contribution in [0.25, 0.3) is 5.78 Å². The Kier molecular flexibility index (Phi) is 3.72. The topological polar surface area (TPSA) is 81.1 Å². The normalized spacial score (nSPS) is 11.0. The van der Waals surface area contributed by atoms with E-state index in [-0.39, 0.29) is 5.82 Å². The lowest BCUT2D eigenvalue weighted by molar-refractivity contribution is 0.627. The highest BCUT2D eigenvalue weighted by Crippen LogP contribution is 2.21. The molecule has 0 aliphatic heterocycles. The Labute approximate surface area is 124 Å². The zero-order chi connectivity index (χ0) is 14.8. The summed E-state index contributed by atoms with van der Waals surface area (Å²) in [4.78, 5) is 8.65. The van der Waals surface area contributed by atoms with Gasteiger partial charge in [0.25, 0.3) is 5.78 Å². The van der Waals surface area contributed by atoms with Gasteiger partial charge < -0.3 is 5.43 Å². The van der Waals surface area contributed by atoms with Gasteiger partial charge in [0.05, 0.1) is 0 Å². The van der Waals surface area contributed by atoms with Gasteiger partial charge in [-0.25, -0.2) is 15.2 Å². The Morgan fingerprint density at radius 3 is 2.76 bits per heavy atom. The summed E-state index contributed by atoms with van der Waals surface area (Å²) in [7, 11) is 0. The van der Waals surface area contributed by atoms with Crippen molar-refractivity contribution in [3.05, 3.63) is 47.4 Å². The highest BCUT2D eigenvalue weighted by atomic mass is 32.2. The smallest absolute Gasteiger partial charge is 0.255 e. The molecule has 0 aliphatic carbocycles. The fraction of sp³-hybridized carbons (Fsp3) is 0.154. The molecule has 2 heterocycles. The fourth-order valence-electron chi connectivity index (χ4n) is 1.86. The first kappa shape index (κ1) is 13.8. The van der Waals surface area contributed by atoms with Crippen LogP contribution in [-0.2, 0) is 5.75 Å². The molecule has 3 N–H and O–H groups in total. The van der Waals surface area contributed by atoms with Gasteiger partial charge in [-0.1, -0.05) is 23.9 Å². The average molecular weight is 304 g/mol. The number of fused-ring (bicyclic) bond motifs is 1. The first-order valence-corrected chi connectivity index (χ1v) is 7.22. The number of hydrogen-bond acceptors (Lipinski definition) is 6. The van der Waals surface area contributed by atoms with E-state index >= 15 is 0 Å². The van der Waals surface area contributed by atoms with Crippen molar-refractivity contribution in [2.45, 2.75) is 17.8 Å². The second-order valence-electron chi connectivity index (χ2n) is 4.45. The van der Waals surface area contributed by atoms with E-state index < -0.39 is 0 Å². The standard InChI is InChI=1S/C13H13FN6S/c1-8-6-11(18-15)20-12(16-8)17-13(19-20)21-7-9-2-4-10(14)5-3-9/h2-6,18H,7,15H2,1H3. The van der Waals surface area contributed by atoms with Crippen LogP contribution in [-0.4, -0.2) is 19.6 Å². The number of benzene rings is 1. The summed E-state index contributed by atoms with van der Waals surface area (Å²) >= 11 is 1.46. The molecule has 0 saturated heterocycles.